The number of aromatic nitrogens is 4. The van der Waals surface area contributed by atoms with Crippen LogP contribution in [-0.2, 0) is 12.8 Å². The van der Waals surface area contributed by atoms with E-state index in [0.29, 0.717) is 5.75 Å². The van der Waals surface area contributed by atoms with Gasteiger partial charge in [0, 0.05) is 35.1 Å². The minimum absolute atomic E-state index is 0.158. The topological polar surface area (TPSA) is 117 Å². The van der Waals surface area contributed by atoms with Crippen LogP contribution >= 0.6 is 22.7 Å². The van der Waals surface area contributed by atoms with Gasteiger partial charge in [0.05, 0.1) is 17.9 Å². The van der Waals surface area contributed by atoms with Crippen LogP contribution in [-0.4, -0.2) is 51.8 Å². The molecule has 0 radical (unpaired) electrons. The van der Waals surface area contributed by atoms with Gasteiger partial charge in [-0.05, 0) is 68.7 Å². The first-order chi connectivity index (χ1) is 21.9. The Balaban J connectivity index is 0.000000178. The average molecular weight is 642 g/mol. The highest BCUT2D eigenvalue weighted by Gasteiger charge is 2.10. The zero-order valence-corrected chi connectivity index (χ0v) is 27.7. The molecular weight excluding hydrogens is 603 g/mol. The normalized spacial score (nSPS) is 10.8. The molecule has 2 aromatic carbocycles. The van der Waals surface area contributed by atoms with Crippen LogP contribution in [0.25, 0.3) is 20.4 Å². The number of thiophene rings is 2. The molecule has 0 aliphatic heterocycles. The van der Waals surface area contributed by atoms with E-state index in [1.54, 1.807) is 42.2 Å². The van der Waals surface area contributed by atoms with Crippen molar-refractivity contribution in [2.75, 3.05) is 42.7 Å². The number of aromatic hydroxyl groups is 1. The highest BCUT2D eigenvalue weighted by atomic mass is 32.1. The van der Waals surface area contributed by atoms with Crippen molar-refractivity contribution < 1.29 is 9.84 Å². The zero-order chi connectivity index (χ0) is 31.6. The van der Waals surface area contributed by atoms with Gasteiger partial charge >= 0.3 is 0 Å². The summed E-state index contributed by atoms with van der Waals surface area (Å²) in [5.41, 5.74) is 2.23. The molecule has 0 spiro atoms. The molecule has 0 unspecified atom stereocenters. The first kappa shape index (κ1) is 31.9. The zero-order valence-electron chi connectivity index (χ0n) is 26.1. The van der Waals surface area contributed by atoms with Crippen LogP contribution in [0.2, 0.25) is 0 Å². The molecule has 0 atom stereocenters. The molecule has 234 valence electrons. The molecule has 0 amide bonds. The fraction of sp³-hybridized carbons (Fsp3) is 0.294. The summed E-state index contributed by atoms with van der Waals surface area (Å²) < 4.78 is 5.14. The van der Waals surface area contributed by atoms with Crippen molar-refractivity contribution in [1.29, 1.82) is 0 Å². The molecule has 9 nitrogen and oxygen atoms in total. The van der Waals surface area contributed by atoms with Crippen LogP contribution in [0.5, 0.6) is 11.5 Å². The molecule has 45 heavy (non-hydrogen) atoms. The molecule has 4 heterocycles. The van der Waals surface area contributed by atoms with Gasteiger partial charge in [0.1, 0.15) is 33.4 Å². The number of aryl methyl sites for hydroxylation is 3. The Kier molecular flexibility index (Phi) is 11.0. The number of para-hydroxylation sites is 1. The smallest absolute Gasteiger partial charge is 0.160 e. The fourth-order valence-electron chi connectivity index (χ4n) is 4.85. The molecule has 0 aliphatic rings. The SMILES string of the molecule is CCCc1cc2c(NCCNc3ccccc3)ncnc2s1.COc1cc(CCNc2nc(C)nc3sc(C)cc23)ccc1O. The lowest BCUT2D eigenvalue weighted by Gasteiger charge is -2.09. The predicted octanol–water partition coefficient (Wildman–Crippen LogP) is 7.84. The van der Waals surface area contributed by atoms with E-state index in [1.165, 1.54) is 9.75 Å². The maximum atomic E-state index is 9.63. The first-order valence-corrected chi connectivity index (χ1v) is 16.7. The van der Waals surface area contributed by atoms with Gasteiger partial charge in [0.2, 0.25) is 0 Å². The van der Waals surface area contributed by atoms with Gasteiger partial charge in [-0.25, -0.2) is 19.9 Å². The Morgan fingerprint density at radius 2 is 1.56 bits per heavy atom. The lowest BCUT2D eigenvalue weighted by molar-refractivity contribution is 0.373. The second-order valence-electron chi connectivity index (χ2n) is 10.5. The van der Waals surface area contributed by atoms with Crippen molar-refractivity contribution >= 4 is 60.4 Å². The van der Waals surface area contributed by atoms with E-state index >= 15 is 0 Å². The highest BCUT2D eigenvalue weighted by Crippen LogP contribution is 2.30. The predicted molar refractivity (Wildman–Crippen MR) is 189 cm³/mol. The molecule has 0 saturated carbocycles. The molecule has 0 saturated heterocycles. The van der Waals surface area contributed by atoms with E-state index in [0.717, 1.165) is 88.0 Å². The van der Waals surface area contributed by atoms with Crippen LogP contribution in [0.4, 0.5) is 17.3 Å². The summed E-state index contributed by atoms with van der Waals surface area (Å²) >= 11 is 3.45. The van der Waals surface area contributed by atoms with E-state index in [9.17, 15) is 5.11 Å². The van der Waals surface area contributed by atoms with E-state index < -0.39 is 0 Å². The number of hydrogen-bond acceptors (Lipinski definition) is 11. The van der Waals surface area contributed by atoms with Gasteiger partial charge in [-0.1, -0.05) is 37.6 Å². The Labute approximate surface area is 271 Å². The molecule has 0 aliphatic carbocycles. The fourth-order valence-corrected chi connectivity index (χ4v) is 6.87. The third kappa shape index (κ3) is 8.58. The van der Waals surface area contributed by atoms with Crippen molar-refractivity contribution in [1.82, 2.24) is 19.9 Å². The molecular formula is C34H39N7O2S2. The minimum Gasteiger partial charge on any atom is -0.504 e. The Bertz CT molecular complexity index is 1840. The van der Waals surface area contributed by atoms with Crippen LogP contribution in [0.1, 0.15) is 34.5 Å². The Morgan fingerprint density at radius 3 is 2.36 bits per heavy atom. The summed E-state index contributed by atoms with van der Waals surface area (Å²) in [4.78, 5) is 22.4. The number of ether oxygens (including phenoxy) is 1. The van der Waals surface area contributed by atoms with Gasteiger partial charge in [-0.2, -0.15) is 0 Å². The average Bonchev–Trinajstić information content (AvgIpc) is 3.63. The molecule has 4 N–H and O–H groups in total. The molecule has 0 bridgehead atoms. The molecule has 11 heteroatoms. The van der Waals surface area contributed by atoms with Gasteiger partial charge in [-0.3, -0.25) is 0 Å². The summed E-state index contributed by atoms with van der Waals surface area (Å²) in [6.07, 6.45) is 4.71. The van der Waals surface area contributed by atoms with E-state index in [1.807, 2.05) is 37.3 Å². The summed E-state index contributed by atoms with van der Waals surface area (Å²) in [7, 11) is 1.55. The monoisotopic (exact) mass is 641 g/mol. The lowest BCUT2D eigenvalue weighted by atomic mass is 10.1. The van der Waals surface area contributed by atoms with E-state index in [2.05, 4.69) is 74.0 Å². The molecule has 6 rings (SSSR count). The molecule has 6 aromatic rings. The summed E-state index contributed by atoms with van der Waals surface area (Å²) in [5, 5.41) is 22.0. The minimum atomic E-state index is 0.158. The number of nitrogens with zero attached hydrogens (tertiary/aromatic N) is 4. The van der Waals surface area contributed by atoms with Crippen LogP contribution in [0.3, 0.4) is 0 Å². The van der Waals surface area contributed by atoms with Crippen LogP contribution in [0, 0.1) is 13.8 Å². The number of rotatable bonds is 12. The van der Waals surface area contributed by atoms with Crippen molar-refractivity contribution in [3.63, 3.8) is 0 Å². The second-order valence-corrected chi connectivity index (χ2v) is 12.9. The van der Waals surface area contributed by atoms with Crippen molar-refractivity contribution in [2.24, 2.45) is 0 Å². The van der Waals surface area contributed by atoms with Crippen LogP contribution < -0.4 is 20.7 Å². The summed E-state index contributed by atoms with van der Waals surface area (Å²) in [6.45, 7) is 8.60. The maximum absolute atomic E-state index is 9.63. The summed E-state index contributed by atoms with van der Waals surface area (Å²) in [5.74, 6) is 3.23. The number of fused-ring (bicyclic) bond motifs is 2. The van der Waals surface area contributed by atoms with Crippen molar-refractivity contribution in [3.8, 4) is 11.5 Å². The molecule has 4 aromatic heterocycles. The number of benzene rings is 2. The number of nitrogens with one attached hydrogen (secondary N) is 3. The standard InChI is InChI=1S/C17H20N4S.C17H19N3O2S/c1-2-6-14-11-15-16(20-12-21-17(15)22-14)19-10-9-18-13-7-4-3-5-8-13;1-10-8-13-16(19-11(2)20-17(13)23-10)18-7-6-12-4-5-14(21)15(9-12)22-3/h3-5,7-8,11-12,18H,2,6,9-10H2,1H3,(H,19,20,21);4-5,8-9,21H,6-7H2,1-3H3,(H,18,19,20). The maximum Gasteiger partial charge on any atom is 0.160 e. The van der Waals surface area contributed by atoms with E-state index in [4.69, 9.17) is 4.74 Å². The lowest BCUT2D eigenvalue weighted by Crippen LogP contribution is -2.14. The van der Waals surface area contributed by atoms with Gasteiger partial charge in [0.15, 0.2) is 11.5 Å². The number of hydrogen-bond donors (Lipinski definition) is 4. The third-order valence-electron chi connectivity index (χ3n) is 6.98. The van der Waals surface area contributed by atoms with Crippen molar-refractivity contribution in [2.45, 2.75) is 40.0 Å². The number of methoxy groups -OCH3 is 1. The largest absolute Gasteiger partial charge is 0.504 e. The summed E-state index contributed by atoms with van der Waals surface area (Å²) in [6, 6.07) is 20.0. The van der Waals surface area contributed by atoms with Gasteiger partial charge in [0.25, 0.3) is 0 Å². The quantitative estimate of drug-likeness (QED) is 0.0992. The molecule has 0 fully saturated rings. The highest BCUT2D eigenvalue weighted by molar-refractivity contribution is 7.19. The number of phenols is 1. The Hall–Kier alpha value is -4.48. The Morgan fingerprint density at radius 1 is 0.778 bits per heavy atom. The third-order valence-corrected chi connectivity index (χ3v) is 9.02. The first-order valence-electron chi connectivity index (χ1n) is 15.0. The van der Waals surface area contributed by atoms with Gasteiger partial charge < -0.3 is 25.8 Å². The number of phenolic OH excluding ortho intramolecular Hbond substituents is 1. The van der Waals surface area contributed by atoms with E-state index in [-0.39, 0.29) is 5.75 Å². The van der Waals surface area contributed by atoms with Gasteiger partial charge in [-0.15, -0.1) is 22.7 Å². The number of anilines is 3. The second kappa shape index (κ2) is 15.5. The van der Waals surface area contributed by atoms with Crippen LogP contribution in [0.15, 0.2) is 67.0 Å². The van der Waals surface area contributed by atoms with Crippen molar-refractivity contribution in [3.05, 3.63) is 88.1 Å².